The lowest BCUT2D eigenvalue weighted by molar-refractivity contribution is -0.0963. The summed E-state index contributed by atoms with van der Waals surface area (Å²) in [5.74, 6) is 3.41. The summed E-state index contributed by atoms with van der Waals surface area (Å²) in [4.78, 5) is 0. The summed E-state index contributed by atoms with van der Waals surface area (Å²) in [5.41, 5.74) is 0.800. The fourth-order valence-corrected chi connectivity index (χ4v) is 6.89. The van der Waals surface area contributed by atoms with E-state index in [1.54, 1.807) is 0 Å². The summed E-state index contributed by atoms with van der Waals surface area (Å²) < 4.78 is 0. The van der Waals surface area contributed by atoms with Crippen LogP contribution in [0.25, 0.3) is 0 Å². The van der Waals surface area contributed by atoms with Gasteiger partial charge in [-0.15, -0.1) is 0 Å². The van der Waals surface area contributed by atoms with E-state index in [1.165, 1.54) is 57.8 Å². The Hall–Kier alpha value is -0.300. The van der Waals surface area contributed by atoms with Gasteiger partial charge in [-0.2, -0.15) is 0 Å². The maximum absolute atomic E-state index is 10.3. The minimum atomic E-state index is 0.158. The minimum Gasteiger partial charge on any atom is -0.395 e. The molecule has 1 heteroatoms. The first-order valence-electron chi connectivity index (χ1n) is 8.98. The van der Waals surface area contributed by atoms with Gasteiger partial charge in [0.2, 0.25) is 0 Å². The topological polar surface area (TPSA) is 20.2 Å². The molecule has 4 aliphatic rings. The van der Waals surface area contributed by atoms with Crippen LogP contribution in [0.4, 0.5) is 0 Å². The second-order valence-corrected chi connectivity index (χ2v) is 8.49. The molecule has 0 heterocycles. The molecule has 0 spiro atoms. The average molecular weight is 274 g/mol. The molecule has 3 saturated carbocycles. The minimum absolute atomic E-state index is 0.158. The van der Waals surface area contributed by atoms with E-state index >= 15 is 0 Å². The van der Waals surface area contributed by atoms with Gasteiger partial charge in [0.15, 0.2) is 0 Å². The van der Waals surface area contributed by atoms with E-state index in [4.69, 9.17) is 0 Å². The Labute approximate surface area is 123 Å². The summed E-state index contributed by atoms with van der Waals surface area (Å²) in [6.07, 6.45) is 17.4. The predicted molar refractivity (Wildman–Crippen MR) is 82.3 cm³/mol. The molecule has 4 aliphatic carbocycles. The monoisotopic (exact) mass is 274 g/mol. The zero-order valence-electron chi connectivity index (χ0n) is 13.0. The second kappa shape index (κ2) is 4.60. The molecule has 0 aromatic heterocycles. The molecular formula is C19H30O. The van der Waals surface area contributed by atoms with Crippen LogP contribution < -0.4 is 0 Å². The number of allylic oxidation sites excluding steroid dienone is 1. The smallest absolute Gasteiger partial charge is 0.0527 e. The van der Waals surface area contributed by atoms with Crippen LogP contribution in [-0.4, -0.2) is 11.7 Å². The average Bonchev–Trinajstić information content (AvgIpc) is 2.88. The molecule has 0 aliphatic heterocycles. The molecule has 112 valence electrons. The number of hydrogen-bond acceptors (Lipinski definition) is 1. The summed E-state index contributed by atoms with van der Waals surface area (Å²) in [6, 6.07) is 0. The third-order valence-corrected chi connectivity index (χ3v) is 7.90. The Balaban J connectivity index is 1.70. The van der Waals surface area contributed by atoms with Crippen molar-refractivity contribution in [3.63, 3.8) is 0 Å². The van der Waals surface area contributed by atoms with E-state index in [2.05, 4.69) is 19.1 Å². The van der Waals surface area contributed by atoms with Crippen molar-refractivity contribution in [2.45, 2.75) is 64.7 Å². The SMILES string of the molecule is C[C@@]12CCC[C@H]1[C@@H]1CCC3CCC=C[C@]3(CO)[C@H]1CC2. The molecule has 0 amide bonds. The standard InChI is InChI=1S/C19H30O/c1-18-10-4-6-16(18)15-8-7-14-5-2-3-11-19(14,13-20)17(15)9-12-18/h3,11,14-17,20H,2,4-10,12-13H2,1H3/t14?,15-,16-,17-,18-,19+/m0/s1. The van der Waals surface area contributed by atoms with Gasteiger partial charge in [-0.3, -0.25) is 0 Å². The van der Waals surface area contributed by atoms with Gasteiger partial charge < -0.3 is 5.11 Å². The van der Waals surface area contributed by atoms with Crippen LogP contribution in [0.1, 0.15) is 64.7 Å². The first kappa shape index (κ1) is 13.4. The quantitative estimate of drug-likeness (QED) is 0.695. The van der Waals surface area contributed by atoms with Gasteiger partial charge in [0.05, 0.1) is 6.61 Å². The highest BCUT2D eigenvalue weighted by Gasteiger charge is 2.57. The van der Waals surface area contributed by atoms with Crippen LogP contribution in [0.15, 0.2) is 12.2 Å². The largest absolute Gasteiger partial charge is 0.395 e. The molecule has 1 N–H and O–H groups in total. The van der Waals surface area contributed by atoms with Gasteiger partial charge >= 0.3 is 0 Å². The van der Waals surface area contributed by atoms with Gasteiger partial charge in [0.25, 0.3) is 0 Å². The van der Waals surface area contributed by atoms with Crippen LogP contribution in [0, 0.1) is 34.5 Å². The van der Waals surface area contributed by atoms with Gasteiger partial charge in [-0.1, -0.05) is 25.5 Å². The summed E-state index contributed by atoms with van der Waals surface area (Å²) in [7, 11) is 0. The molecule has 1 nitrogen and oxygen atoms in total. The lowest BCUT2D eigenvalue weighted by Gasteiger charge is -2.59. The Kier molecular flexibility index (Phi) is 3.07. The van der Waals surface area contributed by atoms with Crippen molar-refractivity contribution < 1.29 is 5.11 Å². The van der Waals surface area contributed by atoms with Gasteiger partial charge in [0, 0.05) is 5.41 Å². The molecule has 4 rings (SSSR count). The van der Waals surface area contributed by atoms with E-state index in [0.29, 0.717) is 12.0 Å². The van der Waals surface area contributed by atoms with E-state index in [9.17, 15) is 5.11 Å². The molecule has 1 unspecified atom stereocenters. The molecule has 0 bridgehead atoms. The second-order valence-electron chi connectivity index (χ2n) is 8.49. The van der Waals surface area contributed by atoms with E-state index in [1.807, 2.05) is 0 Å². The van der Waals surface area contributed by atoms with Crippen LogP contribution in [0.2, 0.25) is 0 Å². The zero-order chi connectivity index (χ0) is 13.8. The van der Waals surface area contributed by atoms with E-state index in [0.717, 1.165) is 23.7 Å². The van der Waals surface area contributed by atoms with Crippen LogP contribution in [0.3, 0.4) is 0 Å². The third-order valence-electron chi connectivity index (χ3n) is 7.90. The Morgan fingerprint density at radius 2 is 1.95 bits per heavy atom. The first-order valence-corrected chi connectivity index (χ1v) is 8.98. The Morgan fingerprint density at radius 3 is 2.80 bits per heavy atom. The highest BCUT2D eigenvalue weighted by atomic mass is 16.3. The van der Waals surface area contributed by atoms with Crippen molar-refractivity contribution in [3.05, 3.63) is 12.2 Å². The van der Waals surface area contributed by atoms with Crippen LogP contribution in [0.5, 0.6) is 0 Å². The Bertz CT molecular complexity index is 414. The van der Waals surface area contributed by atoms with Crippen molar-refractivity contribution in [1.29, 1.82) is 0 Å². The van der Waals surface area contributed by atoms with Crippen LogP contribution in [-0.2, 0) is 0 Å². The molecular weight excluding hydrogens is 244 g/mol. The van der Waals surface area contributed by atoms with Crippen molar-refractivity contribution in [1.82, 2.24) is 0 Å². The molecule has 6 atom stereocenters. The molecule has 0 saturated heterocycles. The summed E-state index contributed by atoms with van der Waals surface area (Å²) >= 11 is 0. The Morgan fingerprint density at radius 1 is 1.05 bits per heavy atom. The molecule has 0 aromatic carbocycles. The van der Waals surface area contributed by atoms with Crippen molar-refractivity contribution in [3.8, 4) is 0 Å². The van der Waals surface area contributed by atoms with Crippen molar-refractivity contribution in [2.75, 3.05) is 6.61 Å². The maximum Gasteiger partial charge on any atom is 0.0527 e. The van der Waals surface area contributed by atoms with Crippen molar-refractivity contribution in [2.24, 2.45) is 34.5 Å². The fourth-order valence-electron chi connectivity index (χ4n) is 6.89. The normalized spacial score (nSPS) is 54.1. The van der Waals surface area contributed by atoms with Gasteiger partial charge in [-0.05, 0) is 80.5 Å². The number of fused-ring (bicyclic) bond motifs is 5. The predicted octanol–water partition coefficient (Wildman–Crippen LogP) is 4.56. The highest BCUT2D eigenvalue weighted by molar-refractivity contribution is 5.16. The number of aliphatic hydroxyl groups is 1. The van der Waals surface area contributed by atoms with E-state index in [-0.39, 0.29) is 5.41 Å². The number of rotatable bonds is 1. The molecule has 0 aromatic rings. The first-order chi connectivity index (χ1) is 9.70. The summed E-state index contributed by atoms with van der Waals surface area (Å²) in [5, 5.41) is 10.3. The van der Waals surface area contributed by atoms with Gasteiger partial charge in [-0.25, -0.2) is 0 Å². The van der Waals surface area contributed by atoms with Gasteiger partial charge in [0.1, 0.15) is 0 Å². The lowest BCUT2D eigenvalue weighted by atomic mass is 9.46. The van der Waals surface area contributed by atoms with Crippen molar-refractivity contribution >= 4 is 0 Å². The lowest BCUT2D eigenvalue weighted by Crippen LogP contribution is -2.53. The molecule has 0 radical (unpaired) electrons. The summed E-state index contributed by atoms with van der Waals surface area (Å²) in [6.45, 7) is 2.97. The molecule has 20 heavy (non-hydrogen) atoms. The van der Waals surface area contributed by atoms with Crippen LogP contribution >= 0.6 is 0 Å². The molecule has 3 fully saturated rings. The zero-order valence-corrected chi connectivity index (χ0v) is 13.0. The fraction of sp³-hybridized carbons (Fsp3) is 0.895. The number of hydrogen-bond donors (Lipinski definition) is 1. The number of aliphatic hydroxyl groups excluding tert-OH is 1. The van der Waals surface area contributed by atoms with E-state index < -0.39 is 0 Å². The highest BCUT2D eigenvalue weighted by Crippen LogP contribution is 2.65. The third kappa shape index (κ3) is 1.65. The maximum atomic E-state index is 10.3.